The summed E-state index contributed by atoms with van der Waals surface area (Å²) in [4.78, 5) is 25.9. The third-order valence-electron chi connectivity index (χ3n) is 6.62. The van der Waals surface area contributed by atoms with Gasteiger partial charge >= 0.3 is 0 Å². The van der Waals surface area contributed by atoms with E-state index in [4.69, 9.17) is 0 Å². The van der Waals surface area contributed by atoms with Gasteiger partial charge < -0.3 is 10.6 Å². The lowest BCUT2D eigenvalue weighted by atomic mass is 9.58. The van der Waals surface area contributed by atoms with Gasteiger partial charge in [0, 0.05) is 33.3 Å². The number of Topliss-reactive ketones (excluding diaryl/α,β-unsaturated/α-hetero) is 1. The largest absolute Gasteiger partial charge is 0.352 e. The minimum absolute atomic E-state index is 0.113. The molecule has 3 aliphatic rings. The second kappa shape index (κ2) is 9.07. The molecular weight excluding hydrogens is 486 g/mol. The number of amides is 1. The monoisotopic (exact) mass is 513 g/mol. The summed E-state index contributed by atoms with van der Waals surface area (Å²) in [6.45, 7) is 4.23. The van der Waals surface area contributed by atoms with Gasteiger partial charge in [-0.3, -0.25) is 9.59 Å². The van der Waals surface area contributed by atoms with Crippen LogP contribution >= 0.6 is 27.7 Å². The van der Waals surface area contributed by atoms with Crippen LogP contribution in [-0.4, -0.2) is 17.4 Å². The Morgan fingerprint density at radius 1 is 1.19 bits per heavy atom. The predicted molar refractivity (Wildman–Crippen MR) is 132 cm³/mol. The molecule has 4 rings (SSSR count). The third-order valence-corrected chi connectivity index (χ3v) is 8.15. The Balaban J connectivity index is 1.60. The first-order valence-corrected chi connectivity index (χ1v) is 12.9. The maximum absolute atomic E-state index is 13.3. The van der Waals surface area contributed by atoms with E-state index in [1.807, 2.05) is 24.3 Å². The minimum Gasteiger partial charge on any atom is -0.352 e. The number of thioether (sulfide) groups is 1. The molecule has 1 aromatic carbocycles. The molecule has 0 radical (unpaired) electrons. The van der Waals surface area contributed by atoms with Gasteiger partial charge in [-0.05, 0) is 48.9 Å². The fourth-order valence-corrected chi connectivity index (χ4v) is 6.51. The predicted octanol–water partition coefficient (Wildman–Crippen LogP) is 6.05. The number of anilines is 1. The molecule has 1 heterocycles. The molecule has 1 saturated carbocycles. The molecule has 2 N–H and O–H groups in total. The molecule has 1 spiro atoms. The maximum Gasteiger partial charge on any atom is 0.234 e. The Kier molecular flexibility index (Phi) is 6.56. The molecule has 0 atom stereocenters. The number of benzene rings is 1. The van der Waals surface area contributed by atoms with E-state index in [0.717, 1.165) is 65.0 Å². The number of rotatable bonds is 4. The summed E-state index contributed by atoms with van der Waals surface area (Å²) >= 11 is 4.76. The summed E-state index contributed by atoms with van der Waals surface area (Å²) < 4.78 is 0.951. The molecule has 7 heteroatoms. The zero-order valence-corrected chi connectivity index (χ0v) is 20.9. The van der Waals surface area contributed by atoms with E-state index in [2.05, 4.69) is 46.5 Å². The standard InChI is InChI=1S/C25H28BrN3O2S/c1-24(2)12-19-22(20(30)13-24)25(10-4-3-5-11-25)18(14-27)23(29-19)32-15-21(31)28-17-8-6-16(26)7-9-17/h6-9,29H,3-5,10-13,15H2,1-2H3,(H,28,31). The van der Waals surface area contributed by atoms with Crippen molar-refractivity contribution in [2.75, 3.05) is 11.1 Å². The van der Waals surface area contributed by atoms with Crippen molar-refractivity contribution < 1.29 is 9.59 Å². The fraction of sp³-hybridized carbons (Fsp3) is 0.480. The van der Waals surface area contributed by atoms with E-state index in [1.165, 1.54) is 11.8 Å². The highest BCUT2D eigenvalue weighted by Gasteiger charge is 2.50. The second-order valence-electron chi connectivity index (χ2n) is 9.72. The quantitative estimate of drug-likeness (QED) is 0.511. The normalized spacial score (nSPS) is 21.6. The number of nitrogens with one attached hydrogen (secondary N) is 2. The first-order chi connectivity index (χ1) is 15.2. The van der Waals surface area contributed by atoms with Crippen molar-refractivity contribution in [1.29, 1.82) is 5.26 Å². The molecular formula is C25H28BrN3O2S. The molecule has 0 unspecified atom stereocenters. The van der Waals surface area contributed by atoms with Crippen molar-refractivity contribution in [1.82, 2.24) is 5.32 Å². The van der Waals surface area contributed by atoms with Crippen LogP contribution in [0.2, 0.25) is 0 Å². The summed E-state index contributed by atoms with van der Waals surface area (Å²) in [5.74, 6) is 0.247. The van der Waals surface area contributed by atoms with Crippen molar-refractivity contribution in [2.45, 2.75) is 58.8 Å². The van der Waals surface area contributed by atoms with Gasteiger partial charge in [-0.1, -0.05) is 60.8 Å². The number of hydrogen-bond donors (Lipinski definition) is 2. The van der Waals surface area contributed by atoms with Crippen LogP contribution in [0.4, 0.5) is 5.69 Å². The summed E-state index contributed by atoms with van der Waals surface area (Å²) in [5, 5.41) is 17.3. The lowest BCUT2D eigenvalue weighted by molar-refractivity contribution is -0.119. The number of carbonyl (C=O) groups is 2. The maximum atomic E-state index is 13.3. The Morgan fingerprint density at radius 2 is 1.88 bits per heavy atom. The highest BCUT2D eigenvalue weighted by molar-refractivity contribution is 9.10. The van der Waals surface area contributed by atoms with E-state index in [1.54, 1.807) is 0 Å². The van der Waals surface area contributed by atoms with Crippen LogP contribution in [0.25, 0.3) is 0 Å². The number of dihydropyridines is 1. The number of hydrogen-bond acceptors (Lipinski definition) is 5. The van der Waals surface area contributed by atoms with Gasteiger partial charge in [-0.2, -0.15) is 5.26 Å². The first-order valence-electron chi connectivity index (χ1n) is 11.1. The van der Waals surface area contributed by atoms with Crippen LogP contribution in [-0.2, 0) is 9.59 Å². The van der Waals surface area contributed by atoms with Crippen LogP contribution in [0, 0.1) is 22.2 Å². The van der Waals surface area contributed by atoms with E-state index < -0.39 is 5.41 Å². The molecule has 5 nitrogen and oxygen atoms in total. The van der Waals surface area contributed by atoms with Gasteiger partial charge in [-0.25, -0.2) is 0 Å². The molecule has 1 amide bonds. The highest BCUT2D eigenvalue weighted by atomic mass is 79.9. The number of nitrogens with zero attached hydrogens (tertiary/aromatic N) is 1. The van der Waals surface area contributed by atoms with Crippen molar-refractivity contribution in [3.05, 3.63) is 50.6 Å². The number of ketones is 1. The van der Waals surface area contributed by atoms with Gasteiger partial charge in [0.05, 0.1) is 22.4 Å². The zero-order valence-electron chi connectivity index (χ0n) is 18.5. The lowest BCUT2D eigenvalue weighted by Gasteiger charge is -2.47. The first kappa shape index (κ1) is 23.1. The minimum atomic E-state index is -0.494. The molecule has 0 aromatic heterocycles. The molecule has 168 valence electrons. The number of halogens is 1. The van der Waals surface area contributed by atoms with Crippen molar-refractivity contribution in [2.24, 2.45) is 10.8 Å². The van der Waals surface area contributed by atoms with Gasteiger partial charge in [0.15, 0.2) is 5.78 Å². The second-order valence-corrected chi connectivity index (χ2v) is 11.6. The Morgan fingerprint density at radius 3 is 2.53 bits per heavy atom. The van der Waals surface area contributed by atoms with Crippen LogP contribution in [0.1, 0.15) is 58.8 Å². The summed E-state index contributed by atoms with van der Waals surface area (Å²) in [6, 6.07) is 9.89. The summed E-state index contributed by atoms with van der Waals surface area (Å²) in [5.41, 5.74) is 2.58. The van der Waals surface area contributed by atoms with E-state index >= 15 is 0 Å². The van der Waals surface area contributed by atoms with Crippen LogP contribution in [0.3, 0.4) is 0 Å². The Labute approximate surface area is 202 Å². The molecule has 1 aromatic rings. The topological polar surface area (TPSA) is 82.0 Å². The van der Waals surface area contributed by atoms with E-state index in [9.17, 15) is 14.9 Å². The van der Waals surface area contributed by atoms with Gasteiger partial charge in [-0.15, -0.1) is 0 Å². The van der Waals surface area contributed by atoms with Crippen LogP contribution in [0.15, 0.2) is 50.6 Å². The molecule has 1 aliphatic heterocycles. The molecule has 1 fully saturated rings. The summed E-state index contributed by atoms with van der Waals surface area (Å²) in [6.07, 6.45) is 6.13. The average molecular weight is 514 g/mol. The highest BCUT2D eigenvalue weighted by Crippen LogP contribution is 2.56. The van der Waals surface area contributed by atoms with Crippen molar-refractivity contribution in [3.63, 3.8) is 0 Å². The Bertz CT molecular complexity index is 1040. The average Bonchev–Trinajstić information content (AvgIpc) is 2.73. The number of carbonyl (C=O) groups excluding carboxylic acids is 2. The zero-order chi connectivity index (χ0) is 22.9. The third kappa shape index (κ3) is 4.53. The molecule has 2 aliphatic carbocycles. The van der Waals surface area contributed by atoms with Crippen LogP contribution in [0.5, 0.6) is 0 Å². The molecule has 0 saturated heterocycles. The van der Waals surface area contributed by atoms with Gasteiger partial charge in [0.2, 0.25) is 5.91 Å². The van der Waals surface area contributed by atoms with E-state index in [-0.39, 0.29) is 22.9 Å². The van der Waals surface area contributed by atoms with Gasteiger partial charge in [0.25, 0.3) is 0 Å². The number of allylic oxidation sites excluding steroid dienone is 3. The molecule has 0 bridgehead atoms. The lowest BCUT2D eigenvalue weighted by Crippen LogP contribution is -2.44. The van der Waals surface area contributed by atoms with Gasteiger partial charge in [0.1, 0.15) is 0 Å². The van der Waals surface area contributed by atoms with Crippen molar-refractivity contribution in [3.8, 4) is 6.07 Å². The summed E-state index contributed by atoms with van der Waals surface area (Å²) in [7, 11) is 0. The SMILES string of the molecule is CC1(C)CC(=O)C2=C(C1)NC(SCC(=O)Nc1ccc(Br)cc1)=C(C#N)C21CCCCC1. The number of fused-ring (bicyclic) bond motifs is 1. The Hall–Kier alpha value is -2.04. The van der Waals surface area contributed by atoms with E-state index in [0.29, 0.717) is 12.0 Å². The fourth-order valence-electron chi connectivity index (χ4n) is 5.31. The number of nitriles is 1. The molecule has 32 heavy (non-hydrogen) atoms. The van der Waals surface area contributed by atoms with Crippen molar-refractivity contribution >= 4 is 45.1 Å². The smallest absolute Gasteiger partial charge is 0.234 e. The van der Waals surface area contributed by atoms with Crippen LogP contribution < -0.4 is 10.6 Å².